The standard InChI is InChI=1S/C17H15ClN2OS2/c1-11-2-4-12(5-3-11)9-19-16(21)10-22-17-20-14-8-13(18)6-7-15(14)23-17/h2-8H,9-10H2,1H3,(H,19,21). The fourth-order valence-corrected chi connectivity index (χ4v) is 4.07. The minimum Gasteiger partial charge on any atom is -0.351 e. The van der Waals surface area contributed by atoms with Crippen molar-refractivity contribution in [2.24, 2.45) is 0 Å². The summed E-state index contributed by atoms with van der Waals surface area (Å²) in [7, 11) is 0. The molecular formula is C17H15ClN2OS2. The van der Waals surface area contributed by atoms with Crippen LogP contribution >= 0.6 is 34.7 Å². The molecule has 1 heterocycles. The summed E-state index contributed by atoms with van der Waals surface area (Å²) in [5.74, 6) is 0.368. The molecule has 0 bridgehead atoms. The number of thiazole rings is 1. The maximum Gasteiger partial charge on any atom is 0.230 e. The highest BCUT2D eigenvalue weighted by Crippen LogP contribution is 2.30. The monoisotopic (exact) mass is 362 g/mol. The third-order valence-electron chi connectivity index (χ3n) is 3.27. The molecule has 0 aliphatic heterocycles. The molecular weight excluding hydrogens is 348 g/mol. The van der Waals surface area contributed by atoms with Gasteiger partial charge in [-0.15, -0.1) is 11.3 Å². The van der Waals surface area contributed by atoms with Crippen LogP contribution in [0.5, 0.6) is 0 Å². The Balaban J connectivity index is 1.52. The van der Waals surface area contributed by atoms with Crippen molar-refractivity contribution in [3.63, 3.8) is 0 Å². The molecule has 3 aromatic rings. The Hall–Kier alpha value is -1.56. The molecule has 3 rings (SSSR count). The van der Waals surface area contributed by atoms with Crippen molar-refractivity contribution in [3.8, 4) is 0 Å². The van der Waals surface area contributed by atoms with Crippen LogP contribution in [0.15, 0.2) is 46.8 Å². The van der Waals surface area contributed by atoms with E-state index in [4.69, 9.17) is 11.6 Å². The molecule has 23 heavy (non-hydrogen) atoms. The quantitative estimate of drug-likeness (QED) is 0.671. The number of nitrogens with zero attached hydrogens (tertiary/aromatic N) is 1. The van der Waals surface area contributed by atoms with Gasteiger partial charge in [-0.2, -0.15) is 0 Å². The largest absolute Gasteiger partial charge is 0.351 e. The summed E-state index contributed by atoms with van der Waals surface area (Å²) in [5.41, 5.74) is 3.19. The second kappa shape index (κ2) is 7.34. The predicted octanol–water partition coefficient (Wildman–Crippen LogP) is 4.67. The van der Waals surface area contributed by atoms with Crippen LogP contribution in [0, 0.1) is 6.92 Å². The van der Waals surface area contributed by atoms with Gasteiger partial charge in [0.1, 0.15) is 0 Å². The van der Waals surface area contributed by atoms with Gasteiger partial charge in [-0.3, -0.25) is 4.79 Å². The lowest BCUT2D eigenvalue weighted by Gasteiger charge is -2.04. The van der Waals surface area contributed by atoms with Crippen LogP contribution in [0.25, 0.3) is 10.2 Å². The first kappa shape index (κ1) is 16.3. The summed E-state index contributed by atoms with van der Waals surface area (Å²) in [6, 6.07) is 13.8. The Morgan fingerprint density at radius 3 is 2.83 bits per heavy atom. The Labute approximate surface area is 148 Å². The van der Waals surface area contributed by atoms with Crippen LogP contribution in [0.1, 0.15) is 11.1 Å². The van der Waals surface area contributed by atoms with Crippen molar-refractivity contribution in [3.05, 3.63) is 58.6 Å². The molecule has 1 amide bonds. The average Bonchev–Trinajstić information content (AvgIpc) is 2.94. The number of halogens is 1. The van der Waals surface area contributed by atoms with Gasteiger partial charge in [0.25, 0.3) is 0 Å². The van der Waals surface area contributed by atoms with Gasteiger partial charge in [0, 0.05) is 11.6 Å². The first-order valence-electron chi connectivity index (χ1n) is 7.11. The number of nitrogens with one attached hydrogen (secondary N) is 1. The molecule has 6 heteroatoms. The molecule has 0 aliphatic rings. The van der Waals surface area contributed by atoms with E-state index < -0.39 is 0 Å². The summed E-state index contributed by atoms with van der Waals surface area (Å²) in [6.45, 7) is 2.60. The van der Waals surface area contributed by atoms with E-state index in [1.54, 1.807) is 11.3 Å². The number of aryl methyl sites for hydroxylation is 1. The average molecular weight is 363 g/mol. The third-order valence-corrected chi connectivity index (χ3v) is 5.68. The van der Waals surface area contributed by atoms with Crippen LogP contribution < -0.4 is 5.32 Å². The predicted molar refractivity (Wildman–Crippen MR) is 98.4 cm³/mol. The number of aromatic nitrogens is 1. The van der Waals surface area contributed by atoms with Crippen LogP contribution in [0.2, 0.25) is 5.02 Å². The minimum atomic E-state index is 0.00728. The molecule has 1 aromatic heterocycles. The summed E-state index contributed by atoms with van der Waals surface area (Å²) in [4.78, 5) is 16.4. The second-order valence-electron chi connectivity index (χ2n) is 5.14. The maximum absolute atomic E-state index is 11.9. The summed E-state index contributed by atoms with van der Waals surface area (Å²) in [6.07, 6.45) is 0. The van der Waals surface area contributed by atoms with E-state index >= 15 is 0 Å². The number of carbonyl (C=O) groups excluding carboxylic acids is 1. The second-order valence-corrected chi connectivity index (χ2v) is 7.83. The summed E-state index contributed by atoms with van der Waals surface area (Å²) in [5, 5.41) is 3.60. The number of hydrogen-bond acceptors (Lipinski definition) is 4. The van der Waals surface area contributed by atoms with E-state index in [9.17, 15) is 4.79 Å². The lowest BCUT2D eigenvalue weighted by molar-refractivity contribution is -0.118. The molecule has 0 unspecified atom stereocenters. The highest BCUT2D eigenvalue weighted by Gasteiger charge is 2.08. The summed E-state index contributed by atoms with van der Waals surface area (Å²) >= 11 is 8.99. The van der Waals surface area contributed by atoms with Gasteiger partial charge in [0.05, 0.1) is 16.0 Å². The topological polar surface area (TPSA) is 42.0 Å². The third kappa shape index (κ3) is 4.47. The number of thioether (sulfide) groups is 1. The Morgan fingerprint density at radius 2 is 2.04 bits per heavy atom. The zero-order valence-electron chi connectivity index (χ0n) is 12.5. The number of carbonyl (C=O) groups is 1. The van der Waals surface area contributed by atoms with Crippen molar-refractivity contribution < 1.29 is 4.79 Å². The van der Waals surface area contributed by atoms with Crippen molar-refractivity contribution in [2.45, 2.75) is 17.8 Å². The van der Waals surface area contributed by atoms with Gasteiger partial charge < -0.3 is 5.32 Å². The first-order chi connectivity index (χ1) is 11.1. The van der Waals surface area contributed by atoms with Crippen LogP contribution in [-0.4, -0.2) is 16.6 Å². The zero-order chi connectivity index (χ0) is 16.2. The van der Waals surface area contributed by atoms with Gasteiger partial charge in [-0.1, -0.05) is 53.2 Å². The van der Waals surface area contributed by atoms with Crippen molar-refractivity contribution >= 4 is 50.8 Å². The number of rotatable bonds is 5. The van der Waals surface area contributed by atoms with Crippen LogP contribution in [0.4, 0.5) is 0 Å². The number of fused-ring (bicyclic) bond motifs is 1. The molecule has 0 saturated carbocycles. The molecule has 0 spiro atoms. The van der Waals surface area contributed by atoms with E-state index in [0.29, 0.717) is 17.3 Å². The molecule has 0 atom stereocenters. The molecule has 0 aliphatic carbocycles. The van der Waals surface area contributed by atoms with Gasteiger partial charge in [-0.25, -0.2) is 4.98 Å². The first-order valence-corrected chi connectivity index (χ1v) is 9.29. The van der Waals surface area contributed by atoms with Gasteiger partial charge in [0.2, 0.25) is 5.91 Å². The number of amides is 1. The van der Waals surface area contributed by atoms with Gasteiger partial charge >= 0.3 is 0 Å². The molecule has 0 saturated heterocycles. The van der Waals surface area contributed by atoms with Gasteiger partial charge in [-0.05, 0) is 30.7 Å². The van der Waals surface area contributed by atoms with E-state index in [-0.39, 0.29) is 5.91 Å². The summed E-state index contributed by atoms with van der Waals surface area (Å²) < 4.78 is 1.96. The SMILES string of the molecule is Cc1ccc(CNC(=O)CSc2nc3cc(Cl)ccc3s2)cc1. The van der Waals surface area contributed by atoms with Gasteiger partial charge in [0.15, 0.2) is 4.34 Å². The molecule has 118 valence electrons. The Morgan fingerprint density at radius 1 is 1.26 bits per heavy atom. The highest BCUT2D eigenvalue weighted by molar-refractivity contribution is 8.01. The van der Waals surface area contributed by atoms with Crippen LogP contribution in [-0.2, 0) is 11.3 Å². The van der Waals surface area contributed by atoms with E-state index in [1.165, 1.54) is 17.3 Å². The van der Waals surface area contributed by atoms with E-state index in [1.807, 2.05) is 49.4 Å². The zero-order valence-corrected chi connectivity index (χ0v) is 14.9. The highest BCUT2D eigenvalue weighted by atomic mass is 35.5. The Kier molecular flexibility index (Phi) is 5.20. The van der Waals surface area contributed by atoms with Crippen molar-refractivity contribution in [1.82, 2.24) is 10.3 Å². The number of benzene rings is 2. The van der Waals surface area contributed by atoms with E-state index in [0.717, 1.165) is 20.1 Å². The van der Waals surface area contributed by atoms with Crippen molar-refractivity contribution in [2.75, 3.05) is 5.75 Å². The molecule has 3 nitrogen and oxygen atoms in total. The number of hydrogen-bond donors (Lipinski definition) is 1. The molecule has 1 N–H and O–H groups in total. The molecule has 2 aromatic carbocycles. The van der Waals surface area contributed by atoms with Crippen LogP contribution in [0.3, 0.4) is 0 Å². The smallest absolute Gasteiger partial charge is 0.230 e. The normalized spacial score (nSPS) is 10.9. The van der Waals surface area contributed by atoms with E-state index in [2.05, 4.69) is 10.3 Å². The lowest BCUT2D eigenvalue weighted by Crippen LogP contribution is -2.24. The molecule has 0 fully saturated rings. The fourth-order valence-electron chi connectivity index (χ4n) is 2.03. The maximum atomic E-state index is 11.9. The molecule has 0 radical (unpaired) electrons. The fraction of sp³-hybridized carbons (Fsp3) is 0.176. The van der Waals surface area contributed by atoms with Crippen molar-refractivity contribution in [1.29, 1.82) is 0 Å². The minimum absolute atomic E-state index is 0.00728. The Bertz CT molecular complexity index is 830. The lowest BCUT2D eigenvalue weighted by atomic mass is 10.1.